The number of nitrogens with zero attached hydrogens (tertiary/aromatic N) is 1. The average Bonchev–Trinajstić information content (AvgIpc) is 2.48. The van der Waals surface area contributed by atoms with Crippen LogP contribution >= 0.6 is 0 Å². The molecule has 0 radical (unpaired) electrons. The maximum absolute atomic E-state index is 14.0. The molecule has 5 heteroatoms. The maximum atomic E-state index is 14.0. The van der Waals surface area contributed by atoms with Crippen LogP contribution in [0.2, 0.25) is 0 Å². The van der Waals surface area contributed by atoms with E-state index in [1.54, 1.807) is 24.4 Å². The van der Waals surface area contributed by atoms with E-state index in [-0.39, 0.29) is 12.1 Å². The second kappa shape index (κ2) is 6.45. The van der Waals surface area contributed by atoms with Gasteiger partial charge in [-0.05, 0) is 24.3 Å². The summed E-state index contributed by atoms with van der Waals surface area (Å²) in [6, 6.07) is 9.70. The molecule has 0 aliphatic rings. The van der Waals surface area contributed by atoms with Crippen LogP contribution < -0.4 is 10.5 Å². The van der Waals surface area contributed by atoms with Crippen molar-refractivity contribution in [3.63, 3.8) is 0 Å². The lowest BCUT2D eigenvalue weighted by molar-refractivity contribution is 0.141. The van der Waals surface area contributed by atoms with Gasteiger partial charge in [0, 0.05) is 36.0 Å². The molecule has 0 aliphatic heterocycles. The van der Waals surface area contributed by atoms with E-state index in [9.17, 15) is 9.50 Å². The number of hydrogen-bond donors (Lipinski definition) is 2. The van der Waals surface area contributed by atoms with Crippen molar-refractivity contribution in [1.29, 1.82) is 0 Å². The van der Waals surface area contributed by atoms with E-state index in [0.717, 1.165) is 0 Å². The number of aliphatic hydroxyl groups is 1. The highest BCUT2D eigenvalue weighted by Crippen LogP contribution is 2.31. The molecule has 1 aromatic heterocycles. The molecule has 2 rings (SSSR count). The molecule has 2 atom stereocenters. The van der Waals surface area contributed by atoms with Crippen LogP contribution in [0.15, 0.2) is 42.6 Å². The van der Waals surface area contributed by atoms with Crippen molar-refractivity contribution in [3.8, 4) is 5.75 Å². The number of rotatable bonds is 5. The van der Waals surface area contributed by atoms with Crippen LogP contribution in [0, 0.1) is 5.82 Å². The first-order chi connectivity index (χ1) is 9.67. The normalized spacial score (nSPS) is 13.8. The largest absolute Gasteiger partial charge is 0.497 e. The summed E-state index contributed by atoms with van der Waals surface area (Å²) < 4.78 is 18.9. The molecule has 0 bridgehead atoms. The maximum Gasteiger partial charge on any atom is 0.132 e. The third-order valence-corrected chi connectivity index (χ3v) is 3.23. The molecular formula is C15H17FN2O2. The number of aliphatic hydroxyl groups excluding tert-OH is 1. The van der Waals surface area contributed by atoms with Crippen LogP contribution in [0.3, 0.4) is 0 Å². The first-order valence-corrected chi connectivity index (χ1v) is 6.30. The van der Waals surface area contributed by atoms with E-state index in [2.05, 4.69) is 4.98 Å². The monoisotopic (exact) mass is 276 g/mol. The number of pyridine rings is 1. The fraction of sp³-hybridized carbons (Fsp3) is 0.267. The molecule has 106 valence electrons. The Morgan fingerprint density at radius 3 is 2.70 bits per heavy atom. The quantitative estimate of drug-likeness (QED) is 0.876. The minimum Gasteiger partial charge on any atom is -0.497 e. The van der Waals surface area contributed by atoms with Crippen molar-refractivity contribution in [3.05, 3.63) is 59.7 Å². The van der Waals surface area contributed by atoms with Gasteiger partial charge in [-0.15, -0.1) is 0 Å². The highest BCUT2D eigenvalue weighted by Gasteiger charge is 2.25. The zero-order valence-corrected chi connectivity index (χ0v) is 11.2. The Hall–Kier alpha value is -1.98. The topological polar surface area (TPSA) is 68.4 Å². The second-order valence-electron chi connectivity index (χ2n) is 4.43. The summed E-state index contributed by atoms with van der Waals surface area (Å²) >= 11 is 0. The molecule has 2 unspecified atom stereocenters. The van der Waals surface area contributed by atoms with E-state index in [1.807, 2.05) is 6.07 Å². The van der Waals surface area contributed by atoms with Gasteiger partial charge in [-0.1, -0.05) is 6.07 Å². The highest BCUT2D eigenvalue weighted by atomic mass is 19.1. The number of methoxy groups -OCH3 is 1. The van der Waals surface area contributed by atoms with Gasteiger partial charge in [0.05, 0.1) is 13.2 Å². The van der Waals surface area contributed by atoms with Gasteiger partial charge in [-0.25, -0.2) is 4.39 Å². The Labute approximate surface area is 117 Å². The summed E-state index contributed by atoms with van der Waals surface area (Å²) in [4.78, 5) is 4.17. The van der Waals surface area contributed by atoms with E-state index >= 15 is 0 Å². The zero-order valence-electron chi connectivity index (χ0n) is 11.2. The highest BCUT2D eigenvalue weighted by molar-refractivity contribution is 5.32. The van der Waals surface area contributed by atoms with Gasteiger partial charge in [-0.3, -0.25) is 4.98 Å². The molecular weight excluding hydrogens is 259 g/mol. The van der Waals surface area contributed by atoms with Crippen molar-refractivity contribution in [2.75, 3.05) is 13.7 Å². The lowest BCUT2D eigenvalue weighted by Gasteiger charge is -2.22. The molecule has 0 fully saturated rings. The fourth-order valence-corrected chi connectivity index (χ4v) is 2.10. The summed E-state index contributed by atoms with van der Waals surface area (Å²) in [6.45, 7) is 0.170. The summed E-state index contributed by atoms with van der Waals surface area (Å²) in [5.41, 5.74) is 6.53. The Morgan fingerprint density at radius 1 is 1.35 bits per heavy atom. The van der Waals surface area contributed by atoms with Gasteiger partial charge in [0.25, 0.3) is 0 Å². The van der Waals surface area contributed by atoms with Crippen molar-refractivity contribution in [1.82, 2.24) is 4.98 Å². The number of hydrogen-bond acceptors (Lipinski definition) is 4. The zero-order chi connectivity index (χ0) is 14.5. The Balaban J connectivity index is 2.31. The third-order valence-electron chi connectivity index (χ3n) is 3.23. The van der Waals surface area contributed by atoms with Gasteiger partial charge >= 0.3 is 0 Å². The summed E-state index contributed by atoms with van der Waals surface area (Å²) in [7, 11) is 1.46. The molecule has 1 aromatic carbocycles. The van der Waals surface area contributed by atoms with Crippen LogP contribution in [0.1, 0.15) is 23.3 Å². The number of benzene rings is 1. The molecule has 2 aromatic rings. The lowest BCUT2D eigenvalue weighted by Crippen LogP contribution is -2.21. The summed E-state index contributed by atoms with van der Waals surface area (Å²) in [5, 5.41) is 10.4. The van der Waals surface area contributed by atoms with Crippen LogP contribution in [-0.4, -0.2) is 23.7 Å². The predicted octanol–water partition coefficient (Wildman–Crippen LogP) is 2.01. The van der Waals surface area contributed by atoms with Crippen LogP contribution in [-0.2, 0) is 0 Å². The van der Waals surface area contributed by atoms with E-state index in [4.69, 9.17) is 10.5 Å². The second-order valence-corrected chi connectivity index (χ2v) is 4.43. The molecule has 4 nitrogen and oxygen atoms in total. The summed E-state index contributed by atoms with van der Waals surface area (Å²) in [5.74, 6) is -0.578. The van der Waals surface area contributed by atoms with E-state index < -0.39 is 17.8 Å². The number of halogens is 1. The van der Waals surface area contributed by atoms with E-state index in [1.165, 1.54) is 19.2 Å². The standard InChI is InChI=1S/C15H17FN2O2/c1-20-10-5-6-11(13(16)8-10)15(19)12(9-17)14-4-2-3-7-18-14/h2-8,12,15,19H,9,17H2,1H3. The predicted molar refractivity (Wildman–Crippen MR) is 73.9 cm³/mol. The van der Waals surface area contributed by atoms with Gasteiger partial charge in [0.2, 0.25) is 0 Å². The minimum absolute atomic E-state index is 0.170. The molecule has 0 aliphatic carbocycles. The lowest BCUT2D eigenvalue weighted by atomic mass is 9.92. The number of aromatic nitrogens is 1. The van der Waals surface area contributed by atoms with Crippen molar-refractivity contribution < 1.29 is 14.2 Å². The van der Waals surface area contributed by atoms with Crippen LogP contribution in [0.4, 0.5) is 4.39 Å². The molecule has 3 N–H and O–H groups in total. The third kappa shape index (κ3) is 2.95. The SMILES string of the molecule is COc1ccc(C(O)C(CN)c2ccccn2)c(F)c1. The first-order valence-electron chi connectivity index (χ1n) is 6.30. The molecule has 0 spiro atoms. The van der Waals surface area contributed by atoms with Gasteiger partial charge in [-0.2, -0.15) is 0 Å². The van der Waals surface area contributed by atoms with Crippen molar-refractivity contribution in [2.24, 2.45) is 5.73 Å². The minimum atomic E-state index is -1.05. The van der Waals surface area contributed by atoms with Gasteiger partial charge < -0.3 is 15.6 Å². The Bertz CT molecular complexity index is 563. The Kier molecular flexibility index (Phi) is 4.65. The molecule has 1 heterocycles. The Morgan fingerprint density at radius 2 is 2.15 bits per heavy atom. The van der Waals surface area contributed by atoms with Gasteiger partial charge in [0.15, 0.2) is 0 Å². The molecule has 0 saturated heterocycles. The van der Waals surface area contributed by atoms with Crippen molar-refractivity contribution >= 4 is 0 Å². The smallest absolute Gasteiger partial charge is 0.132 e. The number of ether oxygens (including phenoxy) is 1. The summed E-state index contributed by atoms with van der Waals surface area (Å²) in [6.07, 6.45) is 0.565. The van der Waals surface area contributed by atoms with E-state index in [0.29, 0.717) is 11.4 Å². The van der Waals surface area contributed by atoms with Crippen LogP contribution in [0.5, 0.6) is 5.75 Å². The molecule has 0 saturated carbocycles. The fourth-order valence-electron chi connectivity index (χ4n) is 2.10. The first kappa shape index (κ1) is 14.4. The molecule has 0 amide bonds. The average molecular weight is 276 g/mol. The molecule has 20 heavy (non-hydrogen) atoms. The number of nitrogens with two attached hydrogens (primary N) is 1. The van der Waals surface area contributed by atoms with Gasteiger partial charge in [0.1, 0.15) is 11.6 Å². The van der Waals surface area contributed by atoms with Crippen molar-refractivity contribution in [2.45, 2.75) is 12.0 Å². The van der Waals surface area contributed by atoms with Crippen LogP contribution in [0.25, 0.3) is 0 Å².